The number of halogens is 4. The predicted octanol–water partition coefficient (Wildman–Crippen LogP) is 11.7. The zero-order valence-electron chi connectivity index (χ0n) is 42.9. The number of rotatable bonds is 10. The maximum atomic E-state index is 12.7. The Hall–Kier alpha value is -9.40. The largest absolute Gasteiger partial charge is 0.493 e. The molecule has 2 aliphatic heterocycles. The van der Waals surface area contributed by atoms with Crippen molar-refractivity contribution in [2.45, 2.75) is 0 Å². The molecule has 12 rings (SSSR count). The van der Waals surface area contributed by atoms with Crippen molar-refractivity contribution in [3.8, 4) is 34.2 Å². The Labute approximate surface area is 528 Å². The Bertz CT molecular complexity index is 4400. The molecule has 0 radical (unpaired) electrons. The number of ketones is 1. The number of aromatic hydroxyl groups is 1. The number of anilines is 2. The van der Waals surface area contributed by atoms with E-state index >= 15 is 0 Å². The molecule has 1 aliphatic carbocycles. The first-order valence-electron chi connectivity index (χ1n) is 24.6. The number of para-hydroxylation sites is 1. The molecule has 5 aromatic carbocycles. The number of furan rings is 2. The number of aromatic nitrogens is 3. The van der Waals surface area contributed by atoms with Crippen LogP contribution >= 0.6 is 83.7 Å². The molecule has 0 bridgehead atoms. The van der Waals surface area contributed by atoms with Crippen LogP contribution in [-0.4, -0.2) is 59.1 Å². The summed E-state index contributed by atoms with van der Waals surface area (Å²) in [5, 5.41) is 37.5. The normalized spacial score (nSPS) is 15.0. The number of allylic oxidation sites excluding steroid dienone is 3. The number of H-pyrrole nitrogens is 1. The third kappa shape index (κ3) is 12.9. The molecule has 3 aliphatic rings. The van der Waals surface area contributed by atoms with E-state index in [4.69, 9.17) is 8.83 Å². The molecule has 4 N–H and O–H groups in total. The minimum absolute atomic E-state index is 0.0217. The number of fused-ring (bicyclic) bond motifs is 1. The number of carbonyl (C=O) groups is 5. The molecule has 9 aromatic rings. The van der Waals surface area contributed by atoms with Crippen LogP contribution in [0.4, 0.5) is 22.7 Å². The summed E-state index contributed by atoms with van der Waals surface area (Å²) in [6, 6.07) is 43.5. The summed E-state index contributed by atoms with van der Waals surface area (Å²) in [5.74, 6) is -1.22. The Kier molecular flexibility index (Phi) is 17.4. The lowest BCUT2D eigenvalue weighted by Crippen LogP contribution is -2.35. The van der Waals surface area contributed by atoms with Crippen LogP contribution in [0.3, 0.4) is 0 Å². The van der Waals surface area contributed by atoms with E-state index in [1.165, 1.54) is 46.2 Å². The number of nitro groups is 2. The Balaban J connectivity index is 0.000000142. The molecule has 0 unspecified atom stereocenters. The molecule has 2 saturated heterocycles. The van der Waals surface area contributed by atoms with Gasteiger partial charge in [0.15, 0.2) is 0 Å². The molecule has 422 valence electrons. The second-order valence-corrected chi connectivity index (χ2v) is 22.6. The van der Waals surface area contributed by atoms with Crippen LogP contribution in [-0.2, 0) is 19.2 Å². The van der Waals surface area contributed by atoms with Crippen molar-refractivity contribution >= 4 is 160 Å². The summed E-state index contributed by atoms with van der Waals surface area (Å²) in [7, 11) is 0. The van der Waals surface area contributed by atoms with E-state index in [1.807, 2.05) is 36.4 Å². The van der Waals surface area contributed by atoms with Crippen molar-refractivity contribution in [3.63, 3.8) is 0 Å². The molecule has 4 amide bonds. The predicted molar refractivity (Wildman–Crippen MR) is 341 cm³/mol. The van der Waals surface area contributed by atoms with E-state index in [2.05, 4.69) is 105 Å². The van der Waals surface area contributed by atoms with Crippen molar-refractivity contribution < 1.29 is 47.8 Å². The van der Waals surface area contributed by atoms with Crippen LogP contribution < -0.4 is 26.4 Å². The van der Waals surface area contributed by atoms with Crippen LogP contribution in [0.25, 0.3) is 52.1 Å². The van der Waals surface area contributed by atoms with Gasteiger partial charge in [0.2, 0.25) is 11.7 Å². The van der Waals surface area contributed by atoms with Gasteiger partial charge >= 0.3 is 0 Å². The first-order chi connectivity index (χ1) is 40.8. The van der Waals surface area contributed by atoms with Gasteiger partial charge in [-0.05, 0) is 235 Å². The lowest BCUT2D eigenvalue weighted by Gasteiger charge is -2.14. The highest BCUT2D eigenvalue weighted by Crippen LogP contribution is 2.35. The van der Waals surface area contributed by atoms with Gasteiger partial charge in [-0.25, -0.2) is 14.7 Å². The number of hydrazine groups is 2. The van der Waals surface area contributed by atoms with E-state index in [0.29, 0.717) is 61.0 Å². The SMILES string of the molecule is O=C1C(Br)=CC(=Cc2c(O)n(-c3ccc(I)cc3)[nH]c2=O)c2cccnc21.O=C1NN(c2ccc(I)cc2)C(=O)C1=Cc1ccc(-c2ccc([N+](=O)[O-])cc2)o1.O=C1NN(c2ccc(I)cc2)C(=O)C1=Cc1ccc(-c2ccccc2[N+](=O)[O-])o1. The average molecular weight is 1540 g/mol. The van der Waals surface area contributed by atoms with E-state index in [1.54, 1.807) is 115 Å². The van der Waals surface area contributed by atoms with E-state index in [-0.39, 0.29) is 51.3 Å². The molecule has 6 heterocycles. The summed E-state index contributed by atoms with van der Waals surface area (Å²) in [6.45, 7) is 0. The number of nitrogens with one attached hydrogen (secondary N) is 3. The summed E-state index contributed by atoms with van der Waals surface area (Å²) >= 11 is 9.72. The first-order valence-corrected chi connectivity index (χ1v) is 28.7. The molecule has 0 spiro atoms. The zero-order chi connectivity index (χ0) is 60.2. The van der Waals surface area contributed by atoms with Gasteiger partial charge in [0.05, 0.1) is 37.0 Å². The molecule has 0 atom stereocenters. The van der Waals surface area contributed by atoms with Gasteiger partial charge in [0, 0.05) is 46.2 Å². The van der Waals surface area contributed by atoms with Gasteiger partial charge in [-0.15, -0.1) is 0 Å². The number of hydrogen-bond acceptors (Lipinski definition) is 14. The topological polar surface area (TPSA) is 299 Å². The van der Waals surface area contributed by atoms with Crippen molar-refractivity contribution in [2.75, 3.05) is 10.0 Å². The van der Waals surface area contributed by atoms with E-state index in [0.717, 1.165) is 15.7 Å². The van der Waals surface area contributed by atoms with E-state index in [9.17, 15) is 54.1 Å². The van der Waals surface area contributed by atoms with Crippen molar-refractivity contribution in [1.29, 1.82) is 0 Å². The van der Waals surface area contributed by atoms with Crippen molar-refractivity contribution in [3.05, 3.63) is 255 Å². The fourth-order valence-corrected chi connectivity index (χ4v) is 10.0. The molecule has 85 heavy (non-hydrogen) atoms. The van der Waals surface area contributed by atoms with Crippen LogP contribution in [0.15, 0.2) is 199 Å². The highest BCUT2D eigenvalue weighted by Gasteiger charge is 2.36. The summed E-state index contributed by atoms with van der Waals surface area (Å²) < 4.78 is 16.0. The quantitative estimate of drug-likeness (QED) is 0.0325. The number of pyridine rings is 1. The molecule has 26 heteroatoms. The zero-order valence-corrected chi connectivity index (χ0v) is 51.0. The third-order valence-electron chi connectivity index (χ3n) is 12.6. The van der Waals surface area contributed by atoms with Gasteiger partial charge in [0.1, 0.15) is 45.4 Å². The standard InChI is InChI=1S/2C20H12IN3O5.C19H11BrIN3O3/c21-13-3-7-14(8-4-13)23-20(26)17(19(25)22-23)11-16-9-10-18(29-16)12-1-5-15(6-2-12)24(27)28;21-12-5-7-13(8-6-12)23-20(26)16(19(25)22-23)11-14-9-10-18(29-14)15-3-1-2-4-17(15)24(27)28;20-15-9-10(13-2-1-7-22-16(13)17(15)25)8-14-18(26)23-24(19(14)27)12-5-3-11(21)4-6-12/h2*1-11H,(H,22,25);1-9,27H,(H,23,26). The number of carbonyl (C=O) groups excluding carboxylic acids is 5. The minimum Gasteiger partial charge on any atom is -0.493 e. The Morgan fingerprint density at radius 2 is 1.08 bits per heavy atom. The van der Waals surface area contributed by atoms with Gasteiger partial charge in [-0.1, -0.05) is 18.2 Å². The third-order valence-corrected chi connectivity index (χ3v) is 15.4. The molecular formula is C59H35BrI3N9O13. The maximum absolute atomic E-state index is 12.7. The van der Waals surface area contributed by atoms with Gasteiger partial charge in [-0.3, -0.25) is 69.9 Å². The van der Waals surface area contributed by atoms with Crippen LogP contribution in [0.5, 0.6) is 5.88 Å². The van der Waals surface area contributed by atoms with Crippen LogP contribution in [0, 0.1) is 30.9 Å². The minimum atomic E-state index is -0.558. The molecule has 4 aromatic heterocycles. The Morgan fingerprint density at radius 1 is 0.576 bits per heavy atom. The number of Topliss-reactive ketones (excluding diaryl/α,β-unsaturated/α-hetero) is 1. The monoisotopic (exact) mass is 1540 g/mol. The molecule has 22 nitrogen and oxygen atoms in total. The molecular weight excluding hydrogens is 1500 g/mol. The number of aromatic amines is 1. The van der Waals surface area contributed by atoms with Crippen LogP contribution in [0.1, 0.15) is 33.1 Å². The van der Waals surface area contributed by atoms with Crippen LogP contribution in [0.2, 0.25) is 0 Å². The lowest BCUT2D eigenvalue weighted by atomic mass is 9.94. The fourth-order valence-electron chi connectivity index (χ4n) is 8.52. The summed E-state index contributed by atoms with van der Waals surface area (Å²) in [5.41, 5.74) is 8.63. The number of nitrogens with zero attached hydrogens (tertiary/aromatic N) is 6. The second kappa shape index (κ2) is 25.2. The number of amides is 4. The maximum Gasteiger partial charge on any atom is 0.282 e. The van der Waals surface area contributed by atoms with Gasteiger partial charge in [-0.2, -0.15) is 0 Å². The summed E-state index contributed by atoms with van der Waals surface area (Å²) in [4.78, 5) is 99.7. The van der Waals surface area contributed by atoms with Gasteiger partial charge in [0.25, 0.3) is 40.6 Å². The lowest BCUT2D eigenvalue weighted by molar-refractivity contribution is -0.384. The molecule has 2 fully saturated rings. The first kappa shape index (κ1) is 58.8. The van der Waals surface area contributed by atoms with Crippen molar-refractivity contribution in [1.82, 2.24) is 25.6 Å². The highest BCUT2D eigenvalue weighted by atomic mass is 127. The Morgan fingerprint density at radius 3 is 1.62 bits per heavy atom. The smallest absolute Gasteiger partial charge is 0.282 e. The fraction of sp³-hybridized carbons (Fsp3) is 0. The number of hydrogen-bond donors (Lipinski definition) is 4. The number of non-ortho nitro benzene ring substituents is 1. The molecule has 0 saturated carbocycles. The van der Waals surface area contributed by atoms with Gasteiger partial charge < -0.3 is 13.9 Å². The average Bonchev–Trinajstić information content (AvgIpc) is 4.50. The number of benzene rings is 5. The highest BCUT2D eigenvalue weighted by molar-refractivity contribution is 14.1. The van der Waals surface area contributed by atoms with Crippen molar-refractivity contribution in [2.24, 2.45) is 0 Å². The second-order valence-electron chi connectivity index (χ2n) is 18.0. The van der Waals surface area contributed by atoms with E-state index < -0.39 is 39.0 Å². The summed E-state index contributed by atoms with van der Waals surface area (Å²) in [6.07, 6.45) is 7.40. The number of nitro benzene ring substituents is 2.